The van der Waals surface area contributed by atoms with Crippen LogP contribution in [0.3, 0.4) is 0 Å². The molecule has 88 valence electrons. The van der Waals surface area contributed by atoms with Gasteiger partial charge in [0.25, 0.3) is 0 Å². The van der Waals surface area contributed by atoms with Crippen LogP contribution < -0.4 is 0 Å². The van der Waals surface area contributed by atoms with E-state index >= 15 is 0 Å². The number of carboxylic acid groups (broad SMARTS) is 1. The van der Waals surface area contributed by atoms with E-state index in [1.807, 2.05) is 34.6 Å². The lowest BCUT2D eigenvalue weighted by atomic mass is 10.1. The van der Waals surface area contributed by atoms with Gasteiger partial charge in [0.05, 0.1) is 5.92 Å². The number of hydrogen-bond acceptors (Lipinski definition) is 1. The fraction of sp³-hybridized carbons (Fsp3) is 0.750. The highest BCUT2D eigenvalue weighted by molar-refractivity contribution is 6.17. The predicted octanol–water partition coefficient (Wildman–Crippen LogP) is 3.55. The maximum Gasteiger partial charge on any atom is 0.307 e. The molecule has 1 aliphatic rings. The molecule has 1 aliphatic carbocycles. The summed E-state index contributed by atoms with van der Waals surface area (Å²) >= 11 is 5.00. The summed E-state index contributed by atoms with van der Waals surface area (Å²) in [4.78, 5) is 10.7. The molecule has 2 nitrogen and oxygen atoms in total. The normalized spacial score (nSPS) is 26.0. The van der Waals surface area contributed by atoms with Gasteiger partial charge in [-0.15, -0.1) is 11.6 Å². The van der Waals surface area contributed by atoms with Crippen molar-refractivity contribution in [1.29, 1.82) is 0 Å². The average Bonchev–Trinajstić information content (AvgIpc) is 2.52. The first-order valence-corrected chi connectivity index (χ1v) is 5.76. The zero-order chi connectivity index (χ0) is 12.2. The Morgan fingerprint density at radius 1 is 1.47 bits per heavy atom. The monoisotopic (exact) mass is 232 g/mol. The van der Waals surface area contributed by atoms with Crippen LogP contribution in [0.15, 0.2) is 11.6 Å². The Morgan fingerprint density at radius 2 is 1.87 bits per heavy atom. The second-order valence-corrected chi connectivity index (χ2v) is 5.21. The highest BCUT2D eigenvalue weighted by Gasteiger charge is 2.60. The Morgan fingerprint density at radius 3 is 2.07 bits per heavy atom. The summed E-state index contributed by atoms with van der Waals surface area (Å²) < 4.78 is 0. The maximum atomic E-state index is 10.7. The first kappa shape index (κ1) is 14.5. The van der Waals surface area contributed by atoms with E-state index in [4.69, 9.17) is 16.7 Å². The number of rotatable bonds is 2. The zero-order valence-electron chi connectivity index (χ0n) is 10.2. The number of carbonyl (C=O) groups is 1. The van der Waals surface area contributed by atoms with Crippen molar-refractivity contribution in [3.05, 3.63) is 11.6 Å². The molecule has 0 heterocycles. The molecule has 0 aromatic heterocycles. The molecule has 1 saturated carbocycles. The minimum absolute atomic E-state index is 0.0386. The summed E-state index contributed by atoms with van der Waals surface area (Å²) in [5, 5.41) is 8.84. The molecular formula is C12H21ClO2. The second-order valence-electron chi connectivity index (χ2n) is 4.67. The van der Waals surface area contributed by atoms with Crippen molar-refractivity contribution >= 4 is 17.6 Å². The topological polar surface area (TPSA) is 37.3 Å². The van der Waals surface area contributed by atoms with Crippen LogP contribution in [0.4, 0.5) is 0 Å². The number of carboxylic acids is 1. The van der Waals surface area contributed by atoms with Crippen LogP contribution in [0.5, 0.6) is 0 Å². The third-order valence-corrected chi connectivity index (χ3v) is 2.69. The number of alkyl halides is 1. The molecule has 2 atom stereocenters. The quantitative estimate of drug-likeness (QED) is 0.584. The lowest BCUT2D eigenvalue weighted by Crippen LogP contribution is -2.02. The van der Waals surface area contributed by atoms with Gasteiger partial charge in [0, 0.05) is 5.88 Å². The summed E-state index contributed by atoms with van der Waals surface area (Å²) in [6, 6.07) is 0. The second kappa shape index (κ2) is 5.55. The summed E-state index contributed by atoms with van der Waals surface area (Å²) in [5.74, 6) is 0.120. The SMILES string of the molecule is CC(C)=CC1C(C(=O)O)C1(C)C.CCCl. The molecule has 0 saturated heterocycles. The molecule has 1 N–H and O–H groups in total. The van der Waals surface area contributed by atoms with E-state index in [9.17, 15) is 4.79 Å². The molecule has 15 heavy (non-hydrogen) atoms. The van der Waals surface area contributed by atoms with E-state index in [0.29, 0.717) is 0 Å². The van der Waals surface area contributed by atoms with Gasteiger partial charge in [-0.3, -0.25) is 4.79 Å². The molecule has 0 radical (unpaired) electrons. The maximum absolute atomic E-state index is 10.7. The summed E-state index contributed by atoms with van der Waals surface area (Å²) in [5.41, 5.74) is 1.17. The van der Waals surface area contributed by atoms with E-state index in [1.54, 1.807) is 0 Å². The summed E-state index contributed by atoms with van der Waals surface area (Å²) in [7, 11) is 0. The molecule has 3 heteroatoms. The van der Waals surface area contributed by atoms with Crippen molar-refractivity contribution in [3.63, 3.8) is 0 Å². The van der Waals surface area contributed by atoms with Crippen molar-refractivity contribution in [3.8, 4) is 0 Å². The van der Waals surface area contributed by atoms with Crippen molar-refractivity contribution in [1.82, 2.24) is 0 Å². The highest BCUT2D eigenvalue weighted by atomic mass is 35.5. The van der Waals surface area contributed by atoms with E-state index in [1.165, 1.54) is 5.57 Å². The molecule has 0 amide bonds. The minimum atomic E-state index is -0.664. The average molecular weight is 233 g/mol. The van der Waals surface area contributed by atoms with Crippen LogP contribution in [0.25, 0.3) is 0 Å². The number of aliphatic carboxylic acids is 1. The summed E-state index contributed by atoms with van der Waals surface area (Å²) in [6.45, 7) is 9.92. The number of allylic oxidation sites excluding steroid dienone is 2. The number of hydrogen-bond donors (Lipinski definition) is 1. The van der Waals surface area contributed by atoms with Gasteiger partial charge < -0.3 is 5.11 Å². The molecule has 0 aromatic carbocycles. The molecule has 1 fully saturated rings. The van der Waals surface area contributed by atoms with E-state index in [2.05, 4.69) is 6.08 Å². The fourth-order valence-electron chi connectivity index (χ4n) is 1.82. The van der Waals surface area contributed by atoms with Gasteiger partial charge in [-0.25, -0.2) is 0 Å². The van der Waals surface area contributed by atoms with Crippen LogP contribution in [0.1, 0.15) is 34.6 Å². The van der Waals surface area contributed by atoms with E-state index in [-0.39, 0.29) is 17.3 Å². The van der Waals surface area contributed by atoms with Crippen molar-refractivity contribution < 1.29 is 9.90 Å². The van der Waals surface area contributed by atoms with Crippen molar-refractivity contribution in [2.75, 3.05) is 5.88 Å². The Balaban J connectivity index is 0.000000583. The first-order chi connectivity index (χ1) is 6.78. The smallest absolute Gasteiger partial charge is 0.307 e. The van der Waals surface area contributed by atoms with Crippen LogP contribution in [0, 0.1) is 17.3 Å². The molecule has 1 rings (SSSR count). The minimum Gasteiger partial charge on any atom is -0.481 e. The van der Waals surface area contributed by atoms with Gasteiger partial charge in [0.1, 0.15) is 0 Å². The van der Waals surface area contributed by atoms with Gasteiger partial charge in [-0.1, -0.05) is 32.4 Å². The molecular weight excluding hydrogens is 212 g/mol. The first-order valence-electron chi connectivity index (χ1n) is 5.22. The largest absolute Gasteiger partial charge is 0.481 e. The summed E-state index contributed by atoms with van der Waals surface area (Å²) in [6.07, 6.45) is 2.07. The molecule has 2 unspecified atom stereocenters. The van der Waals surface area contributed by atoms with E-state index < -0.39 is 5.97 Å². The highest BCUT2D eigenvalue weighted by Crippen LogP contribution is 2.59. The molecule has 0 spiro atoms. The Labute approximate surface area is 97.3 Å². The van der Waals surface area contributed by atoms with Gasteiger partial charge in [-0.05, 0) is 25.2 Å². The third-order valence-electron chi connectivity index (χ3n) is 2.69. The third kappa shape index (κ3) is 3.86. The predicted molar refractivity (Wildman–Crippen MR) is 64.2 cm³/mol. The molecule has 0 aromatic rings. The van der Waals surface area contributed by atoms with Crippen LogP contribution >= 0.6 is 11.6 Å². The standard InChI is InChI=1S/C10H16O2.C2H5Cl/c1-6(2)5-7-8(9(11)12)10(7,3)4;1-2-3/h5,7-8H,1-4H3,(H,11,12);2H2,1H3. The fourth-order valence-corrected chi connectivity index (χ4v) is 1.82. The number of halogens is 1. The van der Waals surface area contributed by atoms with Crippen molar-refractivity contribution in [2.45, 2.75) is 34.6 Å². The van der Waals surface area contributed by atoms with E-state index in [0.717, 1.165) is 5.88 Å². The lowest BCUT2D eigenvalue weighted by molar-refractivity contribution is -0.139. The molecule has 0 bridgehead atoms. The Hall–Kier alpha value is -0.500. The lowest BCUT2D eigenvalue weighted by Gasteiger charge is -1.96. The van der Waals surface area contributed by atoms with Gasteiger partial charge in [0.15, 0.2) is 0 Å². The van der Waals surface area contributed by atoms with Gasteiger partial charge in [-0.2, -0.15) is 0 Å². The van der Waals surface area contributed by atoms with Crippen LogP contribution in [-0.4, -0.2) is 17.0 Å². The zero-order valence-corrected chi connectivity index (χ0v) is 10.9. The van der Waals surface area contributed by atoms with Crippen molar-refractivity contribution in [2.24, 2.45) is 17.3 Å². The van der Waals surface area contributed by atoms with Crippen LogP contribution in [0.2, 0.25) is 0 Å². The Bertz CT molecular complexity index is 252. The van der Waals surface area contributed by atoms with Gasteiger partial charge in [0.2, 0.25) is 0 Å². The van der Waals surface area contributed by atoms with Crippen LogP contribution in [-0.2, 0) is 4.79 Å². The Kier molecular flexibility index (Phi) is 5.36. The van der Waals surface area contributed by atoms with Gasteiger partial charge >= 0.3 is 5.97 Å². The molecule has 0 aliphatic heterocycles.